The molecule has 0 aliphatic carbocycles. The summed E-state index contributed by atoms with van der Waals surface area (Å²) < 4.78 is 0. The maximum absolute atomic E-state index is 5.81. The Bertz CT molecular complexity index is 250. The molecule has 1 aromatic heterocycles. The second kappa shape index (κ2) is 3.02. The highest BCUT2D eigenvalue weighted by molar-refractivity contribution is 6.31. The van der Waals surface area contributed by atoms with E-state index in [1.54, 1.807) is 13.8 Å². The SMILES string of the molecule is Cc1nc(NN)nc(C)c1Cl. The van der Waals surface area contributed by atoms with E-state index >= 15 is 0 Å². The second-order valence-electron chi connectivity index (χ2n) is 2.18. The number of nitrogens with zero attached hydrogens (tertiary/aromatic N) is 2. The fourth-order valence-corrected chi connectivity index (χ4v) is 0.852. The maximum atomic E-state index is 5.81. The second-order valence-corrected chi connectivity index (χ2v) is 2.55. The number of hydrogen-bond donors (Lipinski definition) is 2. The molecule has 0 aromatic carbocycles. The average molecular weight is 173 g/mol. The molecule has 1 heterocycles. The first kappa shape index (κ1) is 8.23. The van der Waals surface area contributed by atoms with Crippen LogP contribution in [0.1, 0.15) is 11.4 Å². The van der Waals surface area contributed by atoms with E-state index in [0.29, 0.717) is 11.0 Å². The van der Waals surface area contributed by atoms with Crippen molar-refractivity contribution in [3.05, 3.63) is 16.4 Å². The summed E-state index contributed by atoms with van der Waals surface area (Å²) in [6, 6.07) is 0. The van der Waals surface area contributed by atoms with Gasteiger partial charge in [0.25, 0.3) is 0 Å². The van der Waals surface area contributed by atoms with Crippen molar-refractivity contribution in [2.45, 2.75) is 13.8 Å². The Labute approximate surface area is 69.8 Å². The molecule has 0 atom stereocenters. The molecular weight excluding hydrogens is 164 g/mol. The summed E-state index contributed by atoms with van der Waals surface area (Å²) >= 11 is 5.81. The molecule has 0 radical (unpaired) electrons. The Morgan fingerprint density at radius 1 is 1.27 bits per heavy atom. The van der Waals surface area contributed by atoms with Gasteiger partial charge in [0.2, 0.25) is 5.95 Å². The van der Waals surface area contributed by atoms with Crippen LogP contribution in [-0.4, -0.2) is 9.97 Å². The Balaban J connectivity index is 3.21. The largest absolute Gasteiger partial charge is 0.292 e. The van der Waals surface area contributed by atoms with Crippen molar-refractivity contribution < 1.29 is 0 Å². The third-order valence-corrected chi connectivity index (χ3v) is 1.86. The number of halogens is 1. The van der Waals surface area contributed by atoms with Crippen LogP contribution in [0.4, 0.5) is 5.95 Å². The number of rotatable bonds is 1. The first-order valence-corrected chi connectivity index (χ1v) is 3.50. The number of nitrogen functional groups attached to an aromatic ring is 1. The first-order valence-electron chi connectivity index (χ1n) is 3.12. The van der Waals surface area contributed by atoms with Crippen LogP contribution in [0.15, 0.2) is 0 Å². The average Bonchev–Trinajstić information content (AvgIpc) is 1.99. The minimum absolute atomic E-state index is 0.393. The highest BCUT2D eigenvalue weighted by Crippen LogP contribution is 2.17. The van der Waals surface area contributed by atoms with Crippen LogP contribution in [0.25, 0.3) is 0 Å². The molecule has 0 bridgehead atoms. The van der Waals surface area contributed by atoms with Crippen LogP contribution >= 0.6 is 11.6 Å². The highest BCUT2D eigenvalue weighted by atomic mass is 35.5. The summed E-state index contributed by atoms with van der Waals surface area (Å²) in [7, 11) is 0. The van der Waals surface area contributed by atoms with E-state index in [4.69, 9.17) is 17.4 Å². The van der Waals surface area contributed by atoms with Crippen molar-refractivity contribution in [3.8, 4) is 0 Å². The van der Waals surface area contributed by atoms with Crippen molar-refractivity contribution in [1.82, 2.24) is 9.97 Å². The summed E-state index contributed by atoms with van der Waals surface area (Å²) in [6.07, 6.45) is 0. The molecule has 0 fully saturated rings. The van der Waals surface area contributed by atoms with Gasteiger partial charge in [-0.25, -0.2) is 15.8 Å². The predicted octanol–water partition coefficient (Wildman–Crippen LogP) is 1.03. The quantitative estimate of drug-likeness (QED) is 0.491. The van der Waals surface area contributed by atoms with Crippen molar-refractivity contribution in [1.29, 1.82) is 0 Å². The molecule has 1 rings (SSSR count). The molecule has 0 saturated carbocycles. The number of aromatic nitrogens is 2. The Kier molecular flexibility index (Phi) is 2.26. The van der Waals surface area contributed by atoms with Gasteiger partial charge in [-0.1, -0.05) is 11.6 Å². The topological polar surface area (TPSA) is 63.8 Å². The van der Waals surface area contributed by atoms with Crippen LogP contribution < -0.4 is 11.3 Å². The predicted molar refractivity (Wildman–Crippen MR) is 44.3 cm³/mol. The van der Waals surface area contributed by atoms with Gasteiger partial charge in [-0.15, -0.1) is 0 Å². The molecule has 4 nitrogen and oxygen atoms in total. The molecule has 0 spiro atoms. The fourth-order valence-electron chi connectivity index (χ4n) is 0.767. The monoisotopic (exact) mass is 172 g/mol. The van der Waals surface area contributed by atoms with Crippen molar-refractivity contribution in [2.24, 2.45) is 5.84 Å². The Hall–Kier alpha value is -0.870. The van der Waals surface area contributed by atoms with Crippen molar-refractivity contribution in [3.63, 3.8) is 0 Å². The molecule has 0 aliphatic heterocycles. The molecule has 1 aromatic rings. The normalized spacial score (nSPS) is 9.82. The number of hydrogen-bond acceptors (Lipinski definition) is 4. The first-order chi connectivity index (χ1) is 5.15. The van der Waals surface area contributed by atoms with Gasteiger partial charge in [0.05, 0.1) is 16.4 Å². The van der Waals surface area contributed by atoms with Crippen molar-refractivity contribution >= 4 is 17.5 Å². The lowest BCUT2D eigenvalue weighted by Crippen LogP contribution is -2.11. The minimum Gasteiger partial charge on any atom is -0.292 e. The third-order valence-electron chi connectivity index (χ3n) is 1.31. The zero-order valence-electron chi connectivity index (χ0n) is 6.35. The molecule has 60 valence electrons. The van der Waals surface area contributed by atoms with Crippen LogP contribution in [0.2, 0.25) is 5.02 Å². The standard InChI is InChI=1S/C6H9ClN4/c1-3-5(7)4(2)10-6(9-3)11-8/h8H2,1-2H3,(H,9,10,11). The lowest BCUT2D eigenvalue weighted by molar-refractivity contribution is 1.03. The summed E-state index contributed by atoms with van der Waals surface area (Å²) in [5.41, 5.74) is 3.81. The van der Waals surface area contributed by atoms with Crippen LogP contribution in [0.5, 0.6) is 0 Å². The molecule has 0 amide bonds. The number of anilines is 1. The van der Waals surface area contributed by atoms with E-state index in [-0.39, 0.29) is 0 Å². The van der Waals surface area contributed by atoms with E-state index in [1.807, 2.05) is 0 Å². The maximum Gasteiger partial charge on any atom is 0.237 e. The Morgan fingerprint density at radius 2 is 1.73 bits per heavy atom. The van der Waals surface area contributed by atoms with Gasteiger partial charge in [0.1, 0.15) is 0 Å². The number of nitrogens with two attached hydrogens (primary N) is 1. The van der Waals surface area contributed by atoms with Crippen LogP contribution in [0.3, 0.4) is 0 Å². The lowest BCUT2D eigenvalue weighted by Gasteiger charge is -2.03. The summed E-state index contributed by atoms with van der Waals surface area (Å²) in [4.78, 5) is 7.95. The van der Waals surface area contributed by atoms with E-state index in [9.17, 15) is 0 Å². The molecule has 0 saturated heterocycles. The van der Waals surface area contributed by atoms with Gasteiger partial charge in [-0.2, -0.15) is 0 Å². The van der Waals surface area contributed by atoms with Gasteiger partial charge >= 0.3 is 0 Å². The van der Waals surface area contributed by atoms with Gasteiger partial charge in [-0.3, -0.25) is 5.43 Å². The summed E-state index contributed by atoms with van der Waals surface area (Å²) in [6.45, 7) is 3.61. The number of nitrogens with one attached hydrogen (secondary N) is 1. The molecular formula is C6H9ClN4. The fraction of sp³-hybridized carbons (Fsp3) is 0.333. The number of hydrazine groups is 1. The van der Waals surface area contributed by atoms with Gasteiger partial charge < -0.3 is 0 Å². The Morgan fingerprint density at radius 3 is 2.09 bits per heavy atom. The molecule has 5 heteroatoms. The van der Waals surface area contributed by atoms with E-state index in [0.717, 1.165) is 11.4 Å². The smallest absolute Gasteiger partial charge is 0.237 e. The zero-order chi connectivity index (χ0) is 8.43. The lowest BCUT2D eigenvalue weighted by atomic mass is 10.3. The van der Waals surface area contributed by atoms with E-state index < -0.39 is 0 Å². The molecule has 0 aliphatic rings. The van der Waals surface area contributed by atoms with E-state index in [2.05, 4.69) is 15.4 Å². The van der Waals surface area contributed by atoms with Gasteiger partial charge in [0.15, 0.2) is 0 Å². The van der Waals surface area contributed by atoms with Crippen LogP contribution in [0, 0.1) is 13.8 Å². The minimum atomic E-state index is 0.393. The third kappa shape index (κ3) is 1.58. The summed E-state index contributed by atoms with van der Waals surface area (Å²) in [5.74, 6) is 5.51. The summed E-state index contributed by atoms with van der Waals surface area (Å²) in [5, 5.41) is 0.587. The molecule has 11 heavy (non-hydrogen) atoms. The van der Waals surface area contributed by atoms with Crippen LogP contribution in [-0.2, 0) is 0 Å². The zero-order valence-corrected chi connectivity index (χ0v) is 7.11. The van der Waals surface area contributed by atoms with Crippen molar-refractivity contribution in [2.75, 3.05) is 5.43 Å². The molecule has 0 unspecified atom stereocenters. The molecule has 3 N–H and O–H groups in total. The highest BCUT2D eigenvalue weighted by Gasteiger charge is 2.03. The van der Waals surface area contributed by atoms with E-state index in [1.165, 1.54) is 0 Å². The number of aryl methyl sites for hydroxylation is 2. The van der Waals surface area contributed by atoms with Gasteiger partial charge in [-0.05, 0) is 13.8 Å². The van der Waals surface area contributed by atoms with Gasteiger partial charge in [0, 0.05) is 0 Å².